The number of aryl methyl sites for hydroxylation is 1. The molecule has 0 aliphatic carbocycles. The van der Waals surface area contributed by atoms with E-state index < -0.39 is 0 Å². The summed E-state index contributed by atoms with van der Waals surface area (Å²) in [6.45, 7) is 4.51. The van der Waals surface area contributed by atoms with Gasteiger partial charge in [-0.3, -0.25) is 4.99 Å². The number of nitrogens with one attached hydrogen (secondary N) is 2. The second kappa shape index (κ2) is 11.1. The predicted octanol–water partition coefficient (Wildman–Crippen LogP) is 4.73. The van der Waals surface area contributed by atoms with Gasteiger partial charge in [-0.05, 0) is 25.5 Å². The van der Waals surface area contributed by atoms with Crippen LogP contribution in [0.3, 0.4) is 0 Å². The third kappa shape index (κ3) is 5.87. The standard InChI is InChI=1S/C22H25ClN6S.HI/c1-15-19(30-21(27-15)16-7-4-3-5-8-16)13-26-22(24-2)28-17-10-12-29(14-17)20-18(23)9-6-11-25-20;/h3-9,11,17H,10,12-14H2,1-2H3,(H2,24,26,28);1H. The van der Waals surface area contributed by atoms with E-state index in [4.69, 9.17) is 16.6 Å². The first kappa shape index (κ1) is 23.7. The fourth-order valence-electron chi connectivity index (χ4n) is 3.53. The van der Waals surface area contributed by atoms with Gasteiger partial charge in [-0.2, -0.15) is 0 Å². The Morgan fingerprint density at radius 1 is 1.26 bits per heavy atom. The maximum absolute atomic E-state index is 6.30. The number of hydrogen-bond donors (Lipinski definition) is 2. The molecular weight excluding hydrogens is 543 g/mol. The van der Waals surface area contributed by atoms with Crippen LogP contribution in [-0.4, -0.2) is 42.1 Å². The zero-order valence-electron chi connectivity index (χ0n) is 17.5. The van der Waals surface area contributed by atoms with Crippen LogP contribution in [0, 0.1) is 6.92 Å². The molecule has 0 spiro atoms. The van der Waals surface area contributed by atoms with Crippen LogP contribution in [0.2, 0.25) is 5.02 Å². The van der Waals surface area contributed by atoms with Crippen LogP contribution in [0.1, 0.15) is 17.0 Å². The average molecular weight is 569 g/mol. The van der Waals surface area contributed by atoms with Crippen molar-refractivity contribution in [3.05, 3.63) is 64.3 Å². The van der Waals surface area contributed by atoms with Crippen molar-refractivity contribution in [1.29, 1.82) is 0 Å². The highest BCUT2D eigenvalue weighted by Gasteiger charge is 2.25. The smallest absolute Gasteiger partial charge is 0.191 e. The van der Waals surface area contributed by atoms with E-state index in [1.807, 2.05) is 30.3 Å². The van der Waals surface area contributed by atoms with Gasteiger partial charge >= 0.3 is 0 Å². The Morgan fingerprint density at radius 3 is 2.81 bits per heavy atom. The Hall–Kier alpha value is -1.91. The molecule has 0 bridgehead atoms. The number of benzene rings is 1. The van der Waals surface area contributed by atoms with Crippen molar-refractivity contribution < 1.29 is 0 Å². The van der Waals surface area contributed by atoms with Crippen LogP contribution in [0.15, 0.2) is 53.7 Å². The van der Waals surface area contributed by atoms with Crippen molar-refractivity contribution in [3.63, 3.8) is 0 Å². The summed E-state index contributed by atoms with van der Waals surface area (Å²) in [4.78, 5) is 17.0. The molecule has 1 saturated heterocycles. The van der Waals surface area contributed by atoms with Gasteiger partial charge in [0.1, 0.15) is 10.8 Å². The summed E-state index contributed by atoms with van der Waals surface area (Å²) >= 11 is 8.02. The second-order valence-electron chi connectivity index (χ2n) is 7.20. The molecule has 1 aliphatic heterocycles. The number of hydrogen-bond acceptors (Lipinski definition) is 5. The molecule has 31 heavy (non-hydrogen) atoms. The third-order valence-electron chi connectivity index (χ3n) is 5.12. The van der Waals surface area contributed by atoms with Gasteiger partial charge < -0.3 is 15.5 Å². The Balaban J connectivity index is 0.00000272. The van der Waals surface area contributed by atoms with Crippen LogP contribution < -0.4 is 15.5 Å². The highest BCUT2D eigenvalue weighted by molar-refractivity contribution is 14.0. The topological polar surface area (TPSA) is 65.4 Å². The molecular formula is C22H26ClIN6S. The summed E-state index contributed by atoms with van der Waals surface area (Å²) < 4.78 is 0. The second-order valence-corrected chi connectivity index (χ2v) is 8.70. The normalized spacial score (nSPS) is 16.2. The van der Waals surface area contributed by atoms with Gasteiger partial charge in [0.25, 0.3) is 0 Å². The first-order valence-corrected chi connectivity index (χ1v) is 11.2. The van der Waals surface area contributed by atoms with Gasteiger partial charge in [0.2, 0.25) is 0 Å². The molecule has 164 valence electrons. The Morgan fingerprint density at radius 2 is 2.06 bits per heavy atom. The van der Waals surface area contributed by atoms with Gasteiger partial charge in [0.05, 0.1) is 17.3 Å². The first-order chi connectivity index (χ1) is 14.6. The zero-order chi connectivity index (χ0) is 20.9. The molecule has 6 nitrogen and oxygen atoms in total. The highest BCUT2D eigenvalue weighted by atomic mass is 127. The van der Waals surface area contributed by atoms with E-state index in [9.17, 15) is 0 Å². The summed E-state index contributed by atoms with van der Waals surface area (Å²) in [7, 11) is 1.80. The molecule has 4 rings (SSSR count). The Bertz CT molecular complexity index is 1030. The van der Waals surface area contributed by atoms with E-state index in [1.54, 1.807) is 24.6 Å². The number of rotatable bonds is 5. The molecule has 0 amide bonds. The quantitative estimate of drug-likeness (QED) is 0.265. The number of anilines is 1. The molecule has 3 aromatic rings. The lowest BCUT2D eigenvalue weighted by Crippen LogP contribution is -2.44. The van der Waals surface area contributed by atoms with Crippen molar-refractivity contribution in [2.24, 2.45) is 4.99 Å². The molecule has 9 heteroatoms. The van der Waals surface area contributed by atoms with Crippen molar-refractivity contribution in [3.8, 4) is 10.6 Å². The number of aromatic nitrogens is 2. The summed E-state index contributed by atoms with van der Waals surface area (Å²) in [5.41, 5.74) is 2.21. The predicted molar refractivity (Wildman–Crippen MR) is 141 cm³/mol. The largest absolute Gasteiger partial charge is 0.353 e. The molecule has 3 heterocycles. The fourth-order valence-corrected chi connectivity index (χ4v) is 4.78. The van der Waals surface area contributed by atoms with E-state index in [-0.39, 0.29) is 30.0 Å². The molecule has 1 unspecified atom stereocenters. The van der Waals surface area contributed by atoms with E-state index in [0.717, 1.165) is 47.6 Å². The Kier molecular flexibility index (Phi) is 8.50. The Labute approximate surface area is 209 Å². The van der Waals surface area contributed by atoms with Crippen molar-refractivity contribution in [1.82, 2.24) is 20.6 Å². The van der Waals surface area contributed by atoms with E-state index in [1.165, 1.54) is 4.88 Å². The zero-order valence-corrected chi connectivity index (χ0v) is 21.4. The van der Waals surface area contributed by atoms with Crippen molar-refractivity contribution in [2.45, 2.75) is 25.9 Å². The molecule has 1 aromatic carbocycles. The number of guanidine groups is 1. The minimum absolute atomic E-state index is 0. The first-order valence-electron chi connectivity index (χ1n) is 9.98. The van der Waals surface area contributed by atoms with Crippen LogP contribution in [-0.2, 0) is 6.54 Å². The number of halogens is 2. The van der Waals surface area contributed by atoms with Gasteiger partial charge in [-0.1, -0.05) is 41.9 Å². The third-order valence-corrected chi connectivity index (χ3v) is 6.62. The van der Waals surface area contributed by atoms with Crippen molar-refractivity contribution in [2.75, 3.05) is 25.0 Å². The monoisotopic (exact) mass is 568 g/mol. The minimum Gasteiger partial charge on any atom is -0.353 e. The number of pyridine rings is 1. The lowest BCUT2D eigenvalue weighted by Gasteiger charge is -2.20. The number of nitrogens with zero attached hydrogens (tertiary/aromatic N) is 4. The molecule has 0 saturated carbocycles. The van der Waals surface area contributed by atoms with Gasteiger partial charge in [0.15, 0.2) is 5.96 Å². The summed E-state index contributed by atoms with van der Waals surface area (Å²) in [5.74, 6) is 1.64. The maximum Gasteiger partial charge on any atom is 0.191 e. The van der Waals surface area contributed by atoms with Gasteiger partial charge in [0, 0.05) is 42.8 Å². The van der Waals surface area contributed by atoms with E-state index >= 15 is 0 Å². The highest BCUT2D eigenvalue weighted by Crippen LogP contribution is 2.28. The van der Waals surface area contributed by atoms with Crippen molar-refractivity contribution >= 4 is 58.7 Å². The molecule has 1 aliphatic rings. The summed E-state index contributed by atoms with van der Waals surface area (Å²) in [6.07, 6.45) is 2.79. The maximum atomic E-state index is 6.30. The van der Waals surface area contributed by atoms with Crippen LogP contribution in [0.4, 0.5) is 5.82 Å². The lowest BCUT2D eigenvalue weighted by atomic mass is 10.2. The molecule has 0 radical (unpaired) electrons. The van der Waals surface area contributed by atoms with Gasteiger partial charge in [-0.25, -0.2) is 9.97 Å². The summed E-state index contributed by atoms with van der Waals surface area (Å²) in [5, 5.41) is 8.69. The van der Waals surface area contributed by atoms with E-state index in [0.29, 0.717) is 11.6 Å². The number of aliphatic imine (C=N–C) groups is 1. The number of thiazole rings is 1. The SMILES string of the molecule is CN=C(NCc1sc(-c2ccccc2)nc1C)NC1CCN(c2ncccc2Cl)C1.I. The molecule has 2 N–H and O–H groups in total. The van der Waals surface area contributed by atoms with Crippen LogP contribution in [0.25, 0.3) is 10.6 Å². The fraction of sp³-hybridized carbons (Fsp3) is 0.318. The lowest BCUT2D eigenvalue weighted by molar-refractivity contribution is 0.648. The summed E-state index contributed by atoms with van der Waals surface area (Å²) in [6, 6.07) is 14.3. The van der Waals surface area contributed by atoms with Crippen LogP contribution >= 0.6 is 46.9 Å². The van der Waals surface area contributed by atoms with Crippen LogP contribution in [0.5, 0.6) is 0 Å². The molecule has 1 fully saturated rings. The minimum atomic E-state index is 0. The average Bonchev–Trinajstić information content (AvgIpc) is 3.38. The molecule has 1 atom stereocenters. The van der Waals surface area contributed by atoms with E-state index in [2.05, 4.69) is 44.6 Å². The van der Waals surface area contributed by atoms with Gasteiger partial charge in [-0.15, -0.1) is 35.3 Å². The molecule has 2 aromatic heterocycles.